The summed E-state index contributed by atoms with van der Waals surface area (Å²) < 4.78 is 6.10. The minimum Gasteiger partial charge on any atom is -0.382 e. The highest BCUT2D eigenvalue weighted by atomic mass is 79.9. The maximum Gasteiger partial charge on any atom is 0.146 e. The summed E-state index contributed by atoms with van der Waals surface area (Å²) in [6.07, 6.45) is 1.67. The fourth-order valence-corrected chi connectivity index (χ4v) is 1.32. The molecule has 14 heavy (non-hydrogen) atoms. The van der Waals surface area contributed by atoms with E-state index in [2.05, 4.69) is 26.2 Å². The summed E-state index contributed by atoms with van der Waals surface area (Å²) in [7, 11) is 0. The van der Waals surface area contributed by atoms with Gasteiger partial charge in [-0.1, -0.05) is 0 Å². The highest BCUT2D eigenvalue weighted by molar-refractivity contribution is 9.10. The molecule has 0 spiro atoms. The molecule has 0 atom stereocenters. The summed E-state index contributed by atoms with van der Waals surface area (Å²) in [6.45, 7) is 4.10. The Balaban J connectivity index is 2.45. The maximum atomic E-state index is 5.67. The Hall–Kier alpha value is -0.810. The van der Waals surface area contributed by atoms with Crippen LogP contribution in [-0.2, 0) is 4.74 Å². The Morgan fingerprint density at radius 1 is 1.64 bits per heavy atom. The third-order valence-corrected chi connectivity index (χ3v) is 2.08. The fourth-order valence-electron chi connectivity index (χ4n) is 0.994. The average molecular weight is 260 g/mol. The zero-order chi connectivity index (χ0) is 10.4. The summed E-state index contributed by atoms with van der Waals surface area (Å²) in [5, 5.41) is 3.15. The predicted octanol–water partition coefficient (Wildman–Crippen LogP) is 1.87. The van der Waals surface area contributed by atoms with Crippen molar-refractivity contribution in [2.75, 3.05) is 30.8 Å². The van der Waals surface area contributed by atoms with Crippen LogP contribution in [0.4, 0.5) is 11.5 Å². The molecule has 3 N–H and O–H groups in total. The van der Waals surface area contributed by atoms with Crippen molar-refractivity contribution in [3.05, 3.63) is 16.7 Å². The van der Waals surface area contributed by atoms with Crippen molar-refractivity contribution in [1.29, 1.82) is 0 Å². The van der Waals surface area contributed by atoms with Gasteiger partial charge in [-0.15, -0.1) is 0 Å². The summed E-state index contributed by atoms with van der Waals surface area (Å²) in [5.41, 5.74) is 6.50. The molecule has 1 aromatic heterocycles. The van der Waals surface area contributed by atoms with Crippen LogP contribution in [0, 0.1) is 0 Å². The first kappa shape index (κ1) is 11.3. The molecule has 0 bridgehead atoms. The number of hydrogen-bond donors (Lipinski definition) is 2. The van der Waals surface area contributed by atoms with Crippen molar-refractivity contribution < 1.29 is 4.74 Å². The second-order valence-corrected chi connectivity index (χ2v) is 3.63. The van der Waals surface area contributed by atoms with Crippen molar-refractivity contribution in [3.63, 3.8) is 0 Å². The normalized spacial score (nSPS) is 10.1. The van der Waals surface area contributed by atoms with Gasteiger partial charge in [-0.3, -0.25) is 0 Å². The highest BCUT2D eigenvalue weighted by Crippen LogP contribution is 2.19. The largest absolute Gasteiger partial charge is 0.382 e. The second-order valence-electron chi connectivity index (χ2n) is 2.71. The molecule has 5 heteroatoms. The van der Waals surface area contributed by atoms with Gasteiger partial charge in [0, 0.05) is 23.8 Å². The second kappa shape index (κ2) is 5.82. The Labute approximate surface area is 92.0 Å². The van der Waals surface area contributed by atoms with Gasteiger partial charge in [0.15, 0.2) is 0 Å². The number of halogens is 1. The van der Waals surface area contributed by atoms with E-state index in [4.69, 9.17) is 10.5 Å². The molecule has 0 amide bonds. The molecule has 1 rings (SSSR count). The van der Waals surface area contributed by atoms with Crippen LogP contribution in [0.2, 0.25) is 0 Å². The van der Waals surface area contributed by atoms with Crippen molar-refractivity contribution in [3.8, 4) is 0 Å². The maximum absolute atomic E-state index is 5.67. The number of nitrogens with one attached hydrogen (secondary N) is 1. The molecule has 0 saturated heterocycles. The molecular weight excluding hydrogens is 246 g/mol. The number of hydrogen-bond acceptors (Lipinski definition) is 4. The topological polar surface area (TPSA) is 60.2 Å². The molecule has 0 unspecified atom stereocenters. The van der Waals surface area contributed by atoms with E-state index < -0.39 is 0 Å². The standard InChI is InChI=1S/C9H14BrN3O/c1-2-14-4-3-12-8-5-7(10)6-13-9(8)11/h5-6,12H,2-4H2,1H3,(H2,11,13). The van der Waals surface area contributed by atoms with E-state index in [0.29, 0.717) is 12.4 Å². The lowest BCUT2D eigenvalue weighted by atomic mass is 10.4. The van der Waals surface area contributed by atoms with E-state index in [0.717, 1.165) is 23.3 Å². The van der Waals surface area contributed by atoms with Crippen molar-refractivity contribution >= 4 is 27.4 Å². The van der Waals surface area contributed by atoms with Crippen molar-refractivity contribution in [1.82, 2.24) is 4.98 Å². The van der Waals surface area contributed by atoms with Gasteiger partial charge in [-0.05, 0) is 28.9 Å². The molecule has 4 nitrogen and oxygen atoms in total. The average Bonchev–Trinajstić information content (AvgIpc) is 2.18. The Kier molecular flexibility index (Phi) is 4.69. The number of ether oxygens (including phenoxy) is 1. The van der Waals surface area contributed by atoms with Gasteiger partial charge in [-0.2, -0.15) is 0 Å². The first-order valence-electron chi connectivity index (χ1n) is 4.46. The predicted molar refractivity (Wildman–Crippen MR) is 61.3 cm³/mol. The number of pyridine rings is 1. The van der Waals surface area contributed by atoms with Crippen LogP contribution in [0.25, 0.3) is 0 Å². The minimum absolute atomic E-state index is 0.504. The molecule has 0 fully saturated rings. The van der Waals surface area contributed by atoms with Crippen LogP contribution in [0.5, 0.6) is 0 Å². The van der Waals surface area contributed by atoms with E-state index in [1.54, 1.807) is 6.20 Å². The third-order valence-electron chi connectivity index (χ3n) is 1.65. The molecule has 0 saturated carbocycles. The molecule has 0 radical (unpaired) electrons. The lowest BCUT2D eigenvalue weighted by molar-refractivity contribution is 0.158. The summed E-state index contributed by atoms with van der Waals surface area (Å²) in [5.74, 6) is 0.504. The summed E-state index contributed by atoms with van der Waals surface area (Å²) in [6, 6.07) is 1.90. The van der Waals surface area contributed by atoms with Crippen LogP contribution in [0.15, 0.2) is 16.7 Å². The molecule has 0 aliphatic carbocycles. The first-order valence-corrected chi connectivity index (χ1v) is 5.26. The van der Waals surface area contributed by atoms with E-state index >= 15 is 0 Å². The monoisotopic (exact) mass is 259 g/mol. The van der Waals surface area contributed by atoms with Gasteiger partial charge in [0.05, 0.1) is 12.3 Å². The van der Waals surface area contributed by atoms with Crippen LogP contribution in [0.3, 0.4) is 0 Å². The van der Waals surface area contributed by atoms with Gasteiger partial charge in [-0.25, -0.2) is 4.98 Å². The van der Waals surface area contributed by atoms with Crippen LogP contribution in [0.1, 0.15) is 6.92 Å². The molecular formula is C9H14BrN3O. The zero-order valence-electron chi connectivity index (χ0n) is 8.09. The lowest BCUT2D eigenvalue weighted by Crippen LogP contribution is -2.11. The van der Waals surface area contributed by atoms with Gasteiger partial charge in [0.1, 0.15) is 5.82 Å². The smallest absolute Gasteiger partial charge is 0.146 e. The number of anilines is 2. The lowest BCUT2D eigenvalue weighted by Gasteiger charge is -2.08. The first-order chi connectivity index (χ1) is 6.74. The number of nitrogens with zero attached hydrogens (tertiary/aromatic N) is 1. The summed E-state index contributed by atoms with van der Waals surface area (Å²) >= 11 is 3.33. The van der Waals surface area contributed by atoms with Crippen LogP contribution < -0.4 is 11.1 Å². The molecule has 1 aromatic rings. The number of nitrogen functional groups attached to an aromatic ring is 1. The molecule has 0 aromatic carbocycles. The highest BCUT2D eigenvalue weighted by Gasteiger charge is 1.99. The number of nitrogens with two attached hydrogens (primary N) is 1. The Morgan fingerprint density at radius 3 is 3.14 bits per heavy atom. The molecule has 1 heterocycles. The van der Waals surface area contributed by atoms with E-state index in [9.17, 15) is 0 Å². The zero-order valence-corrected chi connectivity index (χ0v) is 9.67. The quantitative estimate of drug-likeness (QED) is 0.793. The molecule has 0 aliphatic heterocycles. The third kappa shape index (κ3) is 3.51. The fraction of sp³-hybridized carbons (Fsp3) is 0.444. The number of aromatic nitrogens is 1. The van der Waals surface area contributed by atoms with Crippen LogP contribution in [-0.4, -0.2) is 24.7 Å². The molecule has 78 valence electrons. The summed E-state index contributed by atoms with van der Waals surface area (Å²) in [4.78, 5) is 4.01. The van der Waals surface area contributed by atoms with E-state index in [-0.39, 0.29) is 0 Å². The van der Waals surface area contributed by atoms with E-state index in [1.807, 2.05) is 13.0 Å². The van der Waals surface area contributed by atoms with Crippen LogP contribution >= 0.6 is 15.9 Å². The Morgan fingerprint density at radius 2 is 2.43 bits per heavy atom. The minimum atomic E-state index is 0.504. The van der Waals surface area contributed by atoms with Crippen molar-refractivity contribution in [2.45, 2.75) is 6.92 Å². The van der Waals surface area contributed by atoms with Gasteiger partial charge < -0.3 is 15.8 Å². The van der Waals surface area contributed by atoms with Gasteiger partial charge in [0.25, 0.3) is 0 Å². The van der Waals surface area contributed by atoms with Crippen molar-refractivity contribution in [2.24, 2.45) is 0 Å². The van der Waals surface area contributed by atoms with E-state index in [1.165, 1.54) is 0 Å². The van der Waals surface area contributed by atoms with Gasteiger partial charge in [0.2, 0.25) is 0 Å². The molecule has 0 aliphatic rings. The SMILES string of the molecule is CCOCCNc1cc(Br)cnc1N. The van der Waals surface area contributed by atoms with Gasteiger partial charge >= 0.3 is 0 Å². The number of rotatable bonds is 5. The Bertz CT molecular complexity index is 293.